The van der Waals surface area contributed by atoms with E-state index in [-0.39, 0.29) is 23.9 Å². The van der Waals surface area contributed by atoms with Crippen LogP contribution in [0, 0.1) is 23.7 Å². The van der Waals surface area contributed by atoms with E-state index in [4.69, 9.17) is 0 Å². The van der Waals surface area contributed by atoms with Crippen molar-refractivity contribution in [2.24, 2.45) is 23.7 Å². The summed E-state index contributed by atoms with van der Waals surface area (Å²) in [5.74, 6) is -2.51. The van der Waals surface area contributed by atoms with Gasteiger partial charge in [-0.3, -0.25) is 19.4 Å². The Morgan fingerprint density at radius 2 is 1.11 bits per heavy atom. The zero-order chi connectivity index (χ0) is 21.3. The average Bonchev–Trinajstić information content (AvgIpc) is 2.95. The molecule has 0 unspecified atom stereocenters. The summed E-state index contributed by atoms with van der Waals surface area (Å²) in [6, 6.07) is -1.29. The Balaban J connectivity index is 2.31. The van der Waals surface area contributed by atoms with Crippen LogP contribution in [0.2, 0.25) is 0 Å². The van der Waals surface area contributed by atoms with Crippen LogP contribution in [0.5, 0.6) is 0 Å². The van der Waals surface area contributed by atoms with Crippen LogP contribution in [-0.4, -0.2) is 62.1 Å². The van der Waals surface area contributed by atoms with Gasteiger partial charge in [0.25, 0.3) is 0 Å². The van der Waals surface area contributed by atoms with Crippen molar-refractivity contribution in [2.45, 2.75) is 91.5 Å². The summed E-state index contributed by atoms with van der Waals surface area (Å²) in [6.07, 6.45) is 1.41. The van der Waals surface area contributed by atoms with Crippen molar-refractivity contribution in [1.82, 2.24) is 9.80 Å². The zero-order valence-corrected chi connectivity index (χ0v) is 18.0. The molecular weight excluding hydrogens is 360 g/mol. The van der Waals surface area contributed by atoms with Crippen molar-refractivity contribution in [2.75, 3.05) is 0 Å². The van der Waals surface area contributed by atoms with Crippen LogP contribution >= 0.6 is 0 Å². The molecule has 2 N–H and O–H groups in total. The van der Waals surface area contributed by atoms with Gasteiger partial charge in [-0.2, -0.15) is 0 Å². The molecule has 0 aromatic heterocycles. The highest BCUT2D eigenvalue weighted by Crippen LogP contribution is 2.37. The maximum absolute atomic E-state index is 13.2. The quantitative estimate of drug-likeness (QED) is 0.718. The fourth-order valence-electron chi connectivity index (χ4n) is 4.49. The van der Waals surface area contributed by atoms with Crippen LogP contribution < -0.4 is 0 Å². The van der Waals surface area contributed by atoms with Crippen molar-refractivity contribution in [1.29, 1.82) is 0 Å². The third-order valence-corrected chi connectivity index (χ3v) is 6.41. The van der Waals surface area contributed by atoms with E-state index in [0.29, 0.717) is 12.8 Å². The number of carbonyl (C=O) groups is 3. The van der Waals surface area contributed by atoms with Crippen LogP contribution in [0.3, 0.4) is 0 Å². The Morgan fingerprint density at radius 3 is 1.39 bits per heavy atom. The van der Waals surface area contributed by atoms with Crippen LogP contribution in [0.4, 0.5) is 4.79 Å². The molecule has 1 aliphatic carbocycles. The van der Waals surface area contributed by atoms with Gasteiger partial charge in [0.2, 0.25) is 11.8 Å². The molecule has 1 saturated heterocycles. The van der Waals surface area contributed by atoms with Gasteiger partial charge >= 0.3 is 6.03 Å². The molecule has 0 radical (unpaired) electrons. The number of rotatable bonds is 6. The van der Waals surface area contributed by atoms with Crippen molar-refractivity contribution >= 4 is 17.8 Å². The number of carbonyl (C=O) groups excluding carboxylic acids is 3. The Kier molecular flexibility index (Phi) is 7.26. The smallest absolute Gasteiger partial charge is 0.334 e. The molecule has 0 aromatic rings. The molecule has 1 heterocycles. The van der Waals surface area contributed by atoms with E-state index in [0.717, 1.165) is 12.8 Å². The van der Waals surface area contributed by atoms with Gasteiger partial charge in [0, 0.05) is 0 Å². The molecule has 7 heteroatoms. The maximum atomic E-state index is 13.2. The average molecular weight is 397 g/mol. The summed E-state index contributed by atoms with van der Waals surface area (Å²) in [4.78, 5) is 41.8. The third kappa shape index (κ3) is 4.10. The molecule has 28 heavy (non-hydrogen) atoms. The van der Waals surface area contributed by atoms with Crippen molar-refractivity contribution in [3.05, 3.63) is 0 Å². The fourth-order valence-corrected chi connectivity index (χ4v) is 4.49. The SMILES string of the molecule is CC(C)[C@H](O)[C@@H](C)C(=O)N1C(=O)N(C(=O)[C@H](C)[C@@H](O)C(C)C)[C@@H]2CCCC[C@H]21. The van der Waals surface area contributed by atoms with Gasteiger partial charge < -0.3 is 10.2 Å². The van der Waals surface area contributed by atoms with Gasteiger partial charge in [-0.05, 0) is 24.7 Å². The Bertz CT molecular complexity index is 556. The maximum Gasteiger partial charge on any atom is 0.334 e. The fraction of sp³-hybridized carbons (Fsp3) is 0.857. The predicted molar refractivity (Wildman–Crippen MR) is 105 cm³/mol. The van der Waals surface area contributed by atoms with E-state index < -0.39 is 41.9 Å². The molecule has 7 nitrogen and oxygen atoms in total. The highest BCUT2D eigenvalue weighted by molar-refractivity contribution is 6.05. The minimum Gasteiger partial charge on any atom is -0.392 e. The molecule has 0 aromatic carbocycles. The molecule has 0 spiro atoms. The summed E-state index contributed by atoms with van der Waals surface area (Å²) in [5.41, 5.74) is 0. The first kappa shape index (κ1) is 22.8. The van der Waals surface area contributed by atoms with Gasteiger partial charge in [0.05, 0.1) is 36.1 Å². The molecule has 1 aliphatic heterocycles. The topological polar surface area (TPSA) is 98.2 Å². The number of nitrogens with zero attached hydrogens (tertiary/aromatic N) is 2. The predicted octanol–water partition coefficient (Wildman–Crippen LogP) is 2.39. The van der Waals surface area contributed by atoms with Crippen LogP contribution in [0.1, 0.15) is 67.2 Å². The lowest BCUT2D eigenvalue weighted by molar-refractivity contribution is -0.138. The first-order valence-corrected chi connectivity index (χ1v) is 10.6. The van der Waals surface area contributed by atoms with Gasteiger partial charge in [-0.1, -0.05) is 54.4 Å². The Hall–Kier alpha value is -1.47. The van der Waals surface area contributed by atoms with Crippen LogP contribution in [-0.2, 0) is 9.59 Å². The van der Waals surface area contributed by atoms with Gasteiger partial charge in [0.1, 0.15) is 0 Å². The lowest BCUT2D eigenvalue weighted by Crippen LogP contribution is -2.48. The highest BCUT2D eigenvalue weighted by atomic mass is 16.3. The van der Waals surface area contributed by atoms with Crippen LogP contribution in [0.15, 0.2) is 0 Å². The first-order chi connectivity index (χ1) is 13.0. The van der Waals surface area contributed by atoms with Crippen molar-refractivity contribution < 1.29 is 24.6 Å². The number of amides is 4. The molecule has 4 amide bonds. The van der Waals surface area contributed by atoms with E-state index in [2.05, 4.69) is 0 Å². The monoisotopic (exact) mass is 396 g/mol. The number of aliphatic hydroxyl groups is 2. The number of imide groups is 2. The number of urea groups is 1. The number of fused-ring (bicyclic) bond motifs is 1. The van der Waals surface area contributed by atoms with E-state index in [1.165, 1.54) is 9.80 Å². The molecule has 2 fully saturated rings. The standard InChI is InChI=1S/C21H36N2O5/c1-11(2)17(24)13(5)19(26)22-15-9-7-8-10-16(15)23(21(22)28)20(27)14(6)18(25)12(3)4/h11-18,24-25H,7-10H2,1-6H3/t13-,14-,15-,16-,17+,18+/m1/s1. The number of hydrogen-bond acceptors (Lipinski definition) is 5. The minimum atomic E-state index is -0.853. The van der Waals surface area contributed by atoms with Crippen molar-refractivity contribution in [3.63, 3.8) is 0 Å². The van der Waals surface area contributed by atoms with E-state index in [9.17, 15) is 24.6 Å². The summed E-state index contributed by atoms with van der Waals surface area (Å²) >= 11 is 0. The summed E-state index contributed by atoms with van der Waals surface area (Å²) in [6.45, 7) is 10.6. The summed E-state index contributed by atoms with van der Waals surface area (Å²) in [7, 11) is 0. The van der Waals surface area contributed by atoms with Crippen LogP contribution in [0.25, 0.3) is 0 Å². The molecule has 1 saturated carbocycles. The lowest BCUT2D eigenvalue weighted by atomic mass is 9.87. The number of hydrogen-bond donors (Lipinski definition) is 2. The van der Waals surface area contributed by atoms with E-state index in [1.807, 2.05) is 27.7 Å². The Labute approximate surface area is 168 Å². The second-order valence-electron chi connectivity index (χ2n) is 9.16. The molecule has 2 rings (SSSR count). The molecule has 160 valence electrons. The molecule has 2 aliphatic rings. The molecule has 6 atom stereocenters. The minimum absolute atomic E-state index is 0.113. The van der Waals surface area contributed by atoms with Crippen molar-refractivity contribution in [3.8, 4) is 0 Å². The second-order valence-corrected chi connectivity index (χ2v) is 9.16. The molecule has 0 bridgehead atoms. The van der Waals surface area contributed by atoms with E-state index in [1.54, 1.807) is 13.8 Å². The van der Waals surface area contributed by atoms with E-state index >= 15 is 0 Å². The zero-order valence-electron chi connectivity index (χ0n) is 18.0. The summed E-state index contributed by atoms with van der Waals surface area (Å²) < 4.78 is 0. The second kappa shape index (κ2) is 8.91. The van der Waals surface area contributed by atoms with Gasteiger partial charge in [0.15, 0.2) is 0 Å². The summed E-state index contributed by atoms with van der Waals surface area (Å²) in [5, 5.41) is 20.7. The highest BCUT2D eigenvalue weighted by Gasteiger charge is 2.53. The number of aliphatic hydroxyl groups excluding tert-OH is 2. The first-order valence-electron chi connectivity index (χ1n) is 10.6. The largest absolute Gasteiger partial charge is 0.392 e. The third-order valence-electron chi connectivity index (χ3n) is 6.41. The Morgan fingerprint density at radius 1 is 0.786 bits per heavy atom. The van der Waals surface area contributed by atoms with Gasteiger partial charge in [-0.15, -0.1) is 0 Å². The van der Waals surface area contributed by atoms with Gasteiger partial charge in [-0.25, -0.2) is 4.79 Å². The lowest BCUT2D eigenvalue weighted by Gasteiger charge is -2.33. The molecular formula is C21H36N2O5. The normalized spacial score (nSPS) is 27.0.